The van der Waals surface area contributed by atoms with Gasteiger partial charge in [0.1, 0.15) is 0 Å². The summed E-state index contributed by atoms with van der Waals surface area (Å²) >= 11 is 0. The smallest absolute Gasteiger partial charge is 0.319 e. The number of quaternary nitrogens is 1. The maximum Gasteiger partial charge on any atom is 0.319 e. The number of rotatable bonds is 9. The molecule has 1 aliphatic heterocycles. The lowest BCUT2D eigenvalue weighted by molar-refractivity contribution is -0.895. The van der Waals surface area contributed by atoms with Crippen LogP contribution in [0.3, 0.4) is 0 Å². The summed E-state index contributed by atoms with van der Waals surface area (Å²) in [7, 11) is 0. The van der Waals surface area contributed by atoms with E-state index in [0.29, 0.717) is 24.3 Å². The van der Waals surface area contributed by atoms with Crippen LogP contribution in [-0.4, -0.2) is 57.8 Å². The Balaban J connectivity index is 2.16. The normalized spacial score (nSPS) is 14.7. The Kier molecular flexibility index (Phi) is 9.25. The SMILES string of the molecule is CCNC(=O)Nc1ccc(N2CCC(C)CC2)c(C(=O)NCC[NH+](CC)CC)c1. The molecule has 1 aromatic rings. The molecule has 29 heavy (non-hydrogen) atoms. The minimum atomic E-state index is -0.261. The minimum absolute atomic E-state index is 0.0790. The van der Waals surface area contributed by atoms with Crippen LogP contribution in [0.2, 0.25) is 0 Å². The Morgan fingerprint density at radius 3 is 2.41 bits per heavy atom. The number of nitrogens with one attached hydrogen (secondary N) is 4. The van der Waals surface area contributed by atoms with Crippen molar-refractivity contribution in [3.05, 3.63) is 23.8 Å². The quantitative estimate of drug-likeness (QED) is 0.506. The van der Waals surface area contributed by atoms with Crippen molar-refractivity contribution >= 4 is 23.3 Å². The summed E-state index contributed by atoms with van der Waals surface area (Å²) in [5.41, 5.74) is 2.21. The number of urea groups is 1. The average molecular weight is 405 g/mol. The standard InChI is InChI=1S/C22H37N5O2/c1-5-23-22(29)25-18-8-9-20(27-13-10-17(4)11-14-27)19(16-18)21(28)24-12-15-26(6-2)7-3/h8-9,16-17H,5-7,10-15H2,1-4H3,(H,24,28)(H2,23,25,29)/p+1. The molecule has 1 heterocycles. The van der Waals surface area contributed by atoms with E-state index in [1.54, 1.807) is 6.07 Å². The maximum absolute atomic E-state index is 13.0. The monoisotopic (exact) mass is 404 g/mol. The number of benzene rings is 1. The van der Waals surface area contributed by atoms with Gasteiger partial charge in [-0.1, -0.05) is 6.92 Å². The van der Waals surface area contributed by atoms with Crippen LogP contribution in [0.4, 0.5) is 16.2 Å². The van der Waals surface area contributed by atoms with Gasteiger partial charge in [-0.05, 0) is 57.7 Å². The molecule has 162 valence electrons. The number of carbonyl (C=O) groups excluding carboxylic acids is 2. The molecule has 1 fully saturated rings. The van der Waals surface area contributed by atoms with Gasteiger partial charge < -0.3 is 25.8 Å². The lowest BCUT2D eigenvalue weighted by atomic mass is 9.98. The van der Waals surface area contributed by atoms with Crippen LogP contribution in [0.25, 0.3) is 0 Å². The van der Waals surface area contributed by atoms with Crippen molar-refractivity contribution in [2.24, 2.45) is 5.92 Å². The van der Waals surface area contributed by atoms with Gasteiger partial charge in [-0.25, -0.2) is 4.79 Å². The molecule has 0 aromatic heterocycles. The van der Waals surface area contributed by atoms with E-state index in [1.165, 1.54) is 4.90 Å². The van der Waals surface area contributed by atoms with Gasteiger partial charge in [-0.3, -0.25) is 4.79 Å². The molecule has 0 radical (unpaired) electrons. The molecule has 3 amide bonds. The third kappa shape index (κ3) is 6.92. The summed E-state index contributed by atoms with van der Waals surface area (Å²) < 4.78 is 0. The maximum atomic E-state index is 13.0. The molecular weight excluding hydrogens is 366 g/mol. The van der Waals surface area contributed by atoms with E-state index in [2.05, 4.69) is 41.6 Å². The molecular formula is C22H38N5O2+. The lowest BCUT2D eigenvalue weighted by Gasteiger charge is -2.33. The predicted octanol–water partition coefficient (Wildman–Crippen LogP) is 1.72. The molecule has 2 rings (SSSR count). The van der Waals surface area contributed by atoms with E-state index in [9.17, 15) is 9.59 Å². The first kappa shape index (κ1) is 23.0. The van der Waals surface area contributed by atoms with Gasteiger partial charge in [0.15, 0.2) is 0 Å². The molecule has 0 bridgehead atoms. The third-order valence-electron chi connectivity index (χ3n) is 5.72. The number of nitrogens with zero attached hydrogens (tertiary/aromatic N) is 1. The zero-order valence-corrected chi connectivity index (χ0v) is 18.4. The van der Waals surface area contributed by atoms with Gasteiger partial charge in [0.25, 0.3) is 5.91 Å². The van der Waals surface area contributed by atoms with Crippen molar-refractivity contribution in [3.8, 4) is 0 Å². The highest BCUT2D eigenvalue weighted by atomic mass is 16.2. The summed E-state index contributed by atoms with van der Waals surface area (Å²) in [6, 6.07) is 5.37. The summed E-state index contributed by atoms with van der Waals surface area (Å²) in [5, 5.41) is 8.61. The van der Waals surface area contributed by atoms with Crippen molar-refractivity contribution in [2.75, 3.05) is 56.0 Å². The molecule has 7 heteroatoms. The highest BCUT2D eigenvalue weighted by molar-refractivity contribution is 6.02. The van der Waals surface area contributed by atoms with Crippen molar-refractivity contribution < 1.29 is 14.5 Å². The molecule has 4 N–H and O–H groups in total. The van der Waals surface area contributed by atoms with Crippen molar-refractivity contribution in [2.45, 2.75) is 40.5 Å². The van der Waals surface area contributed by atoms with Crippen LogP contribution < -0.4 is 25.8 Å². The fraction of sp³-hybridized carbons (Fsp3) is 0.636. The topological polar surface area (TPSA) is 77.9 Å². The highest BCUT2D eigenvalue weighted by Crippen LogP contribution is 2.28. The van der Waals surface area contributed by atoms with Gasteiger partial charge in [0, 0.05) is 31.0 Å². The van der Waals surface area contributed by atoms with Gasteiger partial charge in [0.2, 0.25) is 0 Å². The second-order valence-electron chi connectivity index (χ2n) is 7.85. The van der Waals surface area contributed by atoms with Crippen LogP contribution >= 0.6 is 0 Å². The number of likely N-dealkylation sites (N-methyl/N-ethyl adjacent to an activating group) is 1. The zero-order valence-electron chi connectivity index (χ0n) is 18.4. The summed E-state index contributed by atoms with van der Waals surface area (Å²) in [4.78, 5) is 28.7. The summed E-state index contributed by atoms with van der Waals surface area (Å²) in [5.74, 6) is 0.643. The number of carbonyl (C=O) groups is 2. The van der Waals surface area contributed by atoms with Crippen LogP contribution in [0.5, 0.6) is 0 Å². The van der Waals surface area contributed by atoms with E-state index in [0.717, 1.165) is 57.2 Å². The van der Waals surface area contributed by atoms with Crippen LogP contribution in [0, 0.1) is 5.92 Å². The average Bonchev–Trinajstić information content (AvgIpc) is 2.72. The number of anilines is 2. The summed E-state index contributed by atoms with van der Waals surface area (Å²) in [6.45, 7) is 14.6. The Morgan fingerprint density at radius 1 is 1.10 bits per heavy atom. The Labute approximate surface area is 175 Å². The molecule has 1 saturated heterocycles. The van der Waals surface area contributed by atoms with Crippen molar-refractivity contribution in [3.63, 3.8) is 0 Å². The van der Waals surface area contributed by atoms with E-state index < -0.39 is 0 Å². The van der Waals surface area contributed by atoms with Gasteiger partial charge in [-0.2, -0.15) is 0 Å². The van der Waals surface area contributed by atoms with Crippen LogP contribution in [-0.2, 0) is 0 Å². The zero-order chi connectivity index (χ0) is 21.2. The largest absolute Gasteiger partial charge is 0.371 e. The Morgan fingerprint density at radius 2 is 1.79 bits per heavy atom. The van der Waals surface area contributed by atoms with Crippen LogP contribution in [0.15, 0.2) is 18.2 Å². The van der Waals surface area contributed by atoms with E-state index in [-0.39, 0.29) is 11.9 Å². The van der Waals surface area contributed by atoms with Crippen molar-refractivity contribution in [1.29, 1.82) is 0 Å². The molecule has 0 atom stereocenters. The highest BCUT2D eigenvalue weighted by Gasteiger charge is 2.22. The molecule has 0 aliphatic carbocycles. The number of piperidine rings is 1. The van der Waals surface area contributed by atoms with Crippen LogP contribution in [0.1, 0.15) is 50.9 Å². The lowest BCUT2D eigenvalue weighted by Crippen LogP contribution is -3.12. The molecule has 0 saturated carbocycles. The number of hydrogen-bond acceptors (Lipinski definition) is 3. The second kappa shape index (κ2) is 11.7. The Bertz CT molecular complexity index is 667. The van der Waals surface area contributed by atoms with Gasteiger partial charge in [0.05, 0.1) is 31.7 Å². The minimum Gasteiger partial charge on any atom is -0.371 e. The first-order valence-electron chi connectivity index (χ1n) is 11.0. The third-order valence-corrected chi connectivity index (χ3v) is 5.72. The molecule has 7 nitrogen and oxygen atoms in total. The molecule has 1 aliphatic rings. The molecule has 1 aromatic carbocycles. The first-order valence-corrected chi connectivity index (χ1v) is 11.0. The van der Waals surface area contributed by atoms with E-state index >= 15 is 0 Å². The summed E-state index contributed by atoms with van der Waals surface area (Å²) in [6.07, 6.45) is 2.26. The first-order chi connectivity index (χ1) is 14.0. The molecule has 0 unspecified atom stereocenters. The van der Waals surface area contributed by atoms with Gasteiger partial charge in [-0.15, -0.1) is 0 Å². The fourth-order valence-electron chi connectivity index (χ4n) is 3.71. The van der Waals surface area contributed by atoms with E-state index in [4.69, 9.17) is 0 Å². The van der Waals surface area contributed by atoms with E-state index in [1.807, 2.05) is 19.1 Å². The Hall–Kier alpha value is -2.28. The van der Waals surface area contributed by atoms with Gasteiger partial charge >= 0.3 is 6.03 Å². The number of amides is 3. The fourth-order valence-corrected chi connectivity index (χ4v) is 3.71. The number of hydrogen-bond donors (Lipinski definition) is 4. The molecule has 0 spiro atoms. The second-order valence-corrected chi connectivity index (χ2v) is 7.85. The van der Waals surface area contributed by atoms with Crippen molar-refractivity contribution in [1.82, 2.24) is 10.6 Å². The predicted molar refractivity (Wildman–Crippen MR) is 119 cm³/mol.